The van der Waals surface area contributed by atoms with E-state index in [1.165, 1.54) is 25.9 Å². The Morgan fingerprint density at radius 2 is 1.93 bits per heavy atom. The zero-order valence-corrected chi connectivity index (χ0v) is 10.4. The van der Waals surface area contributed by atoms with Gasteiger partial charge in [0, 0.05) is 12.6 Å². The van der Waals surface area contributed by atoms with Crippen LogP contribution in [-0.2, 0) is 0 Å². The minimum atomic E-state index is 0.425. The van der Waals surface area contributed by atoms with Crippen molar-refractivity contribution < 1.29 is 0 Å². The lowest BCUT2D eigenvalue weighted by Crippen LogP contribution is -2.50. The first-order chi connectivity index (χ1) is 6.44. The molecule has 0 bridgehead atoms. The Balaban J connectivity index is 2.34. The maximum Gasteiger partial charge on any atom is 0.0133 e. The second-order valence-corrected chi connectivity index (χ2v) is 5.94. The molecule has 0 heterocycles. The lowest BCUT2D eigenvalue weighted by molar-refractivity contribution is 0.0594. The first kappa shape index (κ1) is 12.0. The fourth-order valence-corrected chi connectivity index (χ4v) is 2.50. The summed E-state index contributed by atoms with van der Waals surface area (Å²) in [5.41, 5.74) is 0.425. The number of hydrogen-bond acceptors (Lipinski definition) is 2. The van der Waals surface area contributed by atoms with E-state index >= 15 is 0 Å². The van der Waals surface area contributed by atoms with E-state index in [4.69, 9.17) is 0 Å². The van der Waals surface area contributed by atoms with E-state index in [0.717, 1.165) is 12.0 Å². The summed E-state index contributed by atoms with van der Waals surface area (Å²) >= 11 is 0. The van der Waals surface area contributed by atoms with Crippen LogP contribution < -0.4 is 5.32 Å². The largest absolute Gasteiger partial charge is 0.319 e. The molecule has 2 nitrogen and oxygen atoms in total. The van der Waals surface area contributed by atoms with Gasteiger partial charge >= 0.3 is 0 Å². The smallest absolute Gasteiger partial charge is 0.0133 e. The molecule has 1 N–H and O–H groups in total. The summed E-state index contributed by atoms with van der Waals surface area (Å²) in [6.07, 6.45) is 2.79. The van der Waals surface area contributed by atoms with Gasteiger partial charge in [0.1, 0.15) is 0 Å². The van der Waals surface area contributed by atoms with Gasteiger partial charge in [-0.25, -0.2) is 0 Å². The molecule has 1 rings (SSSR count). The highest BCUT2D eigenvalue weighted by Gasteiger charge is 2.34. The molecule has 0 aliphatic heterocycles. The molecule has 2 atom stereocenters. The van der Waals surface area contributed by atoms with Crippen LogP contribution in [0.15, 0.2) is 0 Å². The van der Waals surface area contributed by atoms with E-state index in [1.54, 1.807) is 0 Å². The molecule has 1 saturated carbocycles. The van der Waals surface area contributed by atoms with E-state index in [1.807, 2.05) is 0 Å². The zero-order chi connectivity index (χ0) is 10.8. The van der Waals surface area contributed by atoms with Crippen molar-refractivity contribution in [2.45, 2.75) is 39.7 Å². The van der Waals surface area contributed by atoms with Crippen molar-refractivity contribution >= 4 is 0 Å². The summed E-state index contributed by atoms with van der Waals surface area (Å²) < 4.78 is 0. The van der Waals surface area contributed by atoms with Crippen molar-refractivity contribution in [3.05, 3.63) is 0 Å². The second kappa shape index (κ2) is 4.63. The Bertz CT molecular complexity index is 172. The van der Waals surface area contributed by atoms with Crippen LogP contribution in [0.2, 0.25) is 0 Å². The fourth-order valence-electron chi connectivity index (χ4n) is 2.50. The van der Waals surface area contributed by atoms with E-state index in [-0.39, 0.29) is 0 Å². The fraction of sp³-hybridized carbons (Fsp3) is 1.00. The maximum absolute atomic E-state index is 3.29. The van der Waals surface area contributed by atoms with E-state index in [9.17, 15) is 0 Å². The topological polar surface area (TPSA) is 15.3 Å². The van der Waals surface area contributed by atoms with Crippen LogP contribution in [0.1, 0.15) is 33.6 Å². The summed E-state index contributed by atoms with van der Waals surface area (Å²) in [4.78, 5) is 2.55. The molecule has 0 aromatic heterocycles. The van der Waals surface area contributed by atoms with Gasteiger partial charge in [0.05, 0.1) is 0 Å². The molecule has 0 radical (unpaired) electrons. The zero-order valence-electron chi connectivity index (χ0n) is 10.4. The monoisotopic (exact) mass is 198 g/mol. The third-order valence-corrected chi connectivity index (χ3v) is 3.13. The van der Waals surface area contributed by atoms with Gasteiger partial charge < -0.3 is 10.2 Å². The lowest BCUT2D eigenvalue weighted by atomic mass is 9.78. The van der Waals surface area contributed by atoms with Crippen molar-refractivity contribution in [2.24, 2.45) is 11.3 Å². The summed E-state index contributed by atoms with van der Waals surface area (Å²) in [5, 5.41) is 3.29. The van der Waals surface area contributed by atoms with Crippen molar-refractivity contribution in [3.8, 4) is 0 Å². The van der Waals surface area contributed by atoms with Crippen molar-refractivity contribution in [3.63, 3.8) is 0 Å². The Kier molecular flexibility index (Phi) is 3.96. The van der Waals surface area contributed by atoms with Gasteiger partial charge in [-0.1, -0.05) is 20.8 Å². The van der Waals surface area contributed by atoms with Crippen LogP contribution >= 0.6 is 0 Å². The van der Waals surface area contributed by atoms with Crippen LogP contribution in [0.25, 0.3) is 0 Å². The maximum atomic E-state index is 3.29. The average molecular weight is 198 g/mol. The highest BCUT2D eigenvalue weighted by molar-refractivity contribution is 4.89. The first-order valence-electron chi connectivity index (χ1n) is 5.79. The molecule has 1 aliphatic carbocycles. The summed E-state index contributed by atoms with van der Waals surface area (Å²) in [6.45, 7) is 9.33. The Labute approximate surface area is 89.1 Å². The van der Waals surface area contributed by atoms with Crippen LogP contribution in [0, 0.1) is 11.3 Å². The molecule has 1 aliphatic rings. The predicted octanol–water partition coefficient (Wildman–Crippen LogP) is 1.96. The number of hydrogen-bond donors (Lipinski definition) is 1. The van der Waals surface area contributed by atoms with Crippen LogP contribution in [0.4, 0.5) is 0 Å². The van der Waals surface area contributed by atoms with Gasteiger partial charge in [0.25, 0.3) is 0 Å². The lowest BCUT2D eigenvalue weighted by Gasteiger charge is -2.44. The molecule has 2 unspecified atom stereocenters. The second-order valence-electron chi connectivity index (χ2n) is 5.94. The molecule has 0 spiro atoms. The predicted molar refractivity (Wildman–Crippen MR) is 62.5 cm³/mol. The first-order valence-corrected chi connectivity index (χ1v) is 5.79. The summed E-state index contributed by atoms with van der Waals surface area (Å²) in [5.74, 6) is 0.882. The highest BCUT2D eigenvalue weighted by atomic mass is 15.2. The molecular weight excluding hydrogens is 172 g/mol. The molecule has 1 fully saturated rings. The third kappa shape index (κ3) is 3.25. The molecule has 84 valence electrons. The van der Waals surface area contributed by atoms with Gasteiger partial charge in [-0.05, 0) is 44.8 Å². The minimum absolute atomic E-state index is 0.425. The van der Waals surface area contributed by atoms with Gasteiger partial charge in [-0.2, -0.15) is 0 Å². The number of nitrogens with one attached hydrogen (secondary N) is 1. The number of nitrogens with zero attached hydrogens (tertiary/aromatic N) is 1. The van der Waals surface area contributed by atoms with Crippen LogP contribution in [-0.4, -0.2) is 38.1 Å². The van der Waals surface area contributed by atoms with Gasteiger partial charge in [-0.15, -0.1) is 0 Å². The van der Waals surface area contributed by atoms with E-state index in [2.05, 4.69) is 45.1 Å². The molecule has 0 amide bonds. The molecule has 0 aromatic carbocycles. The number of rotatable bonds is 4. The molecule has 2 heteroatoms. The quantitative estimate of drug-likeness (QED) is 0.743. The molecule has 14 heavy (non-hydrogen) atoms. The Morgan fingerprint density at radius 1 is 1.29 bits per heavy atom. The normalized spacial score (nSPS) is 27.9. The van der Waals surface area contributed by atoms with Crippen molar-refractivity contribution in [1.29, 1.82) is 0 Å². The average Bonchev–Trinajstić information content (AvgIpc) is 1.93. The Hall–Kier alpha value is -0.0800. The van der Waals surface area contributed by atoms with Crippen molar-refractivity contribution in [2.75, 3.05) is 27.2 Å². The van der Waals surface area contributed by atoms with Gasteiger partial charge in [0.15, 0.2) is 0 Å². The Morgan fingerprint density at radius 3 is 2.29 bits per heavy atom. The van der Waals surface area contributed by atoms with Crippen molar-refractivity contribution in [1.82, 2.24) is 10.2 Å². The standard InChI is InChI=1S/C12H26N2/c1-12(2,3)9-14(5)11-7-6-10(11)8-13-4/h10-11,13H,6-9H2,1-5H3. The minimum Gasteiger partial charge on any atom is -0.319 e. The van der Waals surface area contributed by atoms with Crippen LogP contribution in [0.5, 0.6) is 0 Å². The SMILES string of the molecule is CNCC1CCC1N(C)CC(C)(C)C. The highest BCUT2D eigenvalue weighted by Crippen LogP contribution is 2.32. The third-order valence-electron chi connectivity index (χ3n) is 3.13. The van der Waals surface area contributed by atoms with Gasteiger partial charge in [-0.3, -0.25) is 0 Å². The molecular formula is C12H26N2. The van der Waals surface area contributed by atoms with Gasteiger partial charge in [0.2, 0.25) is 0 Å². The molecule has 0 aromatic rings. The van der Waals surface area contributed by atoms with E-state index < -0.39 is 0 Å². The summed E-state index contributed by atoms with van der Waals surface area (Å²) in [7, 11) is 4.33. The molecule has 0 saturated heterocycles. The van der Waals surface area contributed by atoms with E-state index in [0.29, 0.717) is 5.41 Å². The summed E-state index contributed by atoms with van der Waals surface area (Å²) in [6, 6.07) is 0.821. The van der Waals surface area contributed by atoms with Crippen LogP contribution in [0.3, 0.4) is 0 Å².